The Hall–Kier alpha value is -0.580. The predicted octanol–water partition coefficient (Wildman–Crippen LogP) is 3.71. The molecular weight excluding hydrogens is 352 g/mol. The van der Waals surface area contributed by atoms with Gasteiger partial charge < -0.3 is 10.2 Å². The smallest absolute Gasteiger partial charge is 0.255 e. The van der Waals surface area contributed by atoms with Crippen molar-refractivity contribution in [2.24, 2.45) is 5.92 Å². The zero-order valence-electron chi connectivity index (χ0n) is 11.9. The van der Waals surface area contributed by atoms with Crippen LogP contribution in [0.1, 0.15) is 36.0 Å². The van der Waals surface area contributed by atoms with Crippen LogP contribution in [-0.2, 0) is 0 Å². The van der Waals surface area contributed by atoms with Gasteiger partial charge in [-0.05, 0) is 72.3 Å². The molecule has 5 heteroatoms. The summed E-state index contributed by atoms with van der Waals surface area (Å²) in [6.07, 6.45) is 4.88. The topological polar surface area (TPSA) is 32.3 Å². The Kier molecular flexibility index (Phi) is 4.87. The molecular formula is C16H20BrClN2O. The van der Waals surface area contributed by atoms with Gasteiger partial charge in [-0.1, -0.05) is 11.6 Å². The van der Waals surface area contributed by atoms with Gasteiger partial charge in [-0.15, -0.1) is 0 Å². The van der Waals surface area contributed by atoms with Crippen LogP contribution in [0.2, 0.25) is 5.02 Å². The van der Waals surface area contributed by atoms with Crippen molar-refractivity contribution in [3.05, 3.63) is 33.3 Å². The summed E-state index contributed by atoms with van der Waals surface area (Å²) >= 11 is 9.43. The van der Waals surface area contributed by atoms with Gasteiger partial charge in [-0.3, -0.25) is 4.79 Å². The molecule has 2 aliphatic rings. The summed E-state index contributed by atoms with van der Waals surface area (Å²) in [6, 6.07) is 5.83. The van der Waals surface area contributed by atoms with Crippen LogP contribution in [0.25, 0.3) is 0 Å². The summed E-state index contributed by atoms with van der Waals surface area (Å²) in [5.74, 6) is 0.806. The van der Waals surface area contributed by atoms with E-state index in [1.807, 2.05) is 11.0 Å². The predicted molar refractivity (Wildman–Crippen MR) is 88.8 cm³/mol. The van der Waals surface area contributed by atoms with Gasteiger partial charge in [0.1, 0.15) is 0 Å². The first-order chi connectivity index (χ1) is 10.1. The monoisotopic (exact) mass is 370 g/mol. The Bertz CT molecular complexity index is 527. The van der Waals surface area contributed by atoms with Gasteiger partial charge in [0.2, 0.25) is 0 Å². The van der Waals surface area contributed by atoms with Crippen molar-refractivity contribution in [3.8, 4) is 0 Å². The molecule has 3 rings (SSSR count). The molecule has 0 radical (unpaired) electrons. The van der Waals surface area contributed by atoms with Crippen LogP contribution in [-0.4, -0.2) is 36.5 Å². The van der Waals surface area contributed by atoms with Gasteiger partial charge >= 0.3 is 0 Å². The maximum atomic E-state index is 12.9. The third-order valence-corrected chi connectivity index (χ3v) is 5.12. The molecule has 1 aromatic carbocycles. The van der Waals surface area contributed by atoms with E-state index in [0.717, 1.165) is 30.5 Å². The number of hydrogen-bond donors (Lipinski definition) is 1. The third kappa shape index (κ3) is 3.99. The first kappa shape index (κ1) is 15.3. The van der Waals surface area contributed by atoms with Gasteiger partial charge in [-0.2, -0.15) is 0 Å². The number of amides is 1. The minimum absolute atomic E-state index is 0.110. The van der Waals surface area contributed by atoms with E-state index in [0.29, 0.717) is 22.5 Å². The third-order valence-electron chi connectivity index (χ3n) is 4.23. The van der Waals surface area contributed by atoms with Crippen LogP contribution >= 0.6 is 27.5 Å². The Morgan fingerprint density at radius 3 is 2.76 bits per heavy atom. The molecule has 1 N–H and O–H groups in total. The van der Waals surface area contributed by atoms with Gasteiger partial charge in [0.15, 0.2) is 0 Å². The largest absolute Gasteiger partial charge is 0.337 e. The van der Waals surface area contributed by atoms with Crippen molar-refractivity contribution in [2.75, 3.05) is 19.6 Å². The van der Waals surface area contributed by atoms with Crippen molar-refractivity contribution >= 4 is 33.4 Å². The number of halogens is 2. The highest BCUT2D eigenvalue weighted by molar-refractivity contribution is 9.10. The van der Waals surface area contributed by atoms with E-state index in [2.05, 4.69) is 21.2 Å². The Morgan fingerprint density at radius 1 is 1.33 bits per heavy atom. The lowest BCUT2D eigenvalue weighted by atomic mass is 10.1. The van der Waals surface area contributed by atoms with Gasteiger partial charge in [0, 0.05) is 28.6 Å². The SMILES string of the molecule is O=C(c1ccc(Cl)cc1Br)N(CC1CC1)CC1CCCN1. The lowest BCUT2D eigenvalue weighted by molar-refractivity contribution is 0.0732. The fraction of sp³-hybridized carbons (Fsp3) is 0.562. The van der Waals surface area contributed by atoms with Crippen LogP contribution in [0.15, 0.2) is 22.7 Å². The van der Waals surface area contributed by atoms with Crippen LogP contribution < -0.4 is 5.32 Å². The number of nitrogens with zero attached hydrogens (tertiary/aromatic N) is 1. The highest BCUT2D eigenvalue weighted by Crippen LogP contribution is 2.31. The number of carbonyl (C=O) groups is 1. The number of hydrogen-bond acceptors (Lipinski definition) is 2. The minimum atomic E-state index is 0.110. The molecule has 1 atom stereocenters. The molecule has 1 amide bonds. The van der Waals surface area contributed by atoms with E-state index >= 15 is 0 Å². The van der Waals surface area contributed by atoms with Crippen molar-refractivity contribution in [1.29, 1.82) is 0 Å². The molecule has 1 unspecified atom stereocenters. The van der Waals surface area contributed by atoms with Crippen molar-refractivity contribution in [3.63, 3.8) is 0 Å². The van der Waals surface area contributed by atoms with Crippen LogP contribution in [0.3, 0.4) is 0 Å². The van der Waals surface area contributed by atoms with E-state index in [9.17, 15) is 4.79 Å². The highest BCUT2D eigenvalue weighted by Gasteiger charge is 2.30. The van der Waals surface area contributed by atoms with Gasteiger partial charge in [0.05, 0.1) is 5.56 Å². The van der Waals surface area contributed by atoms with Gasteiger partial charge in [0.25, 0.3) is 5.91 Å². The molecule has 0 aromatic heterocycles. The second kappa shape index (κ2) is 6.67. The normalized spacial score (nSPS) is 21.5. The molecule has 21 heavy (non-hydrogen) atoms. The van der Waals surface area contributed by atoms with Gasteiger partial charge in [-0.25, -0.2) is 0 Å². The van der Waals surface area contributed by atoms with Crippen molar-refractivity contribution in [2.45, 2.75) is 31.7 Å². The van der Waals surface area contributed by atoms with E-state index in [1.54, 1.807) is 12.1 Å². The molecule has 0 spiro atoms. The second-order valence-corrected chi connectivity index (χ2v) is 7.36. The number of carbonyl (C=O) groups excluding carboxylic acids is 1. The Morgan fingerprint density at radius 2 is 2.14 bits per heavy atom. The van der Waals surface area contributed by atoms with E-state index in [4.69, 9.17) is 11.6 Å². The molecule has 1 heterocycles. The Labute approximate surface area is 139 Å². The average Bonchev–Trinajstić information content (AvgIpc) is 3.11. The molecule has 1 saturated heterocycles. The maximum absolute atomic E-state index is 12.9. The second-order valence-electron chi connectivity index (χ2n) is 6.07. The molecule has 1 aliphatic heterocycles. The van der Waals surface area contributed by atoms with Crippen LogP contribution in [0.5, 0.6) is 0 Å². The first-order valence-electron chi connectivity index (χ1n) is 7.61. The summed E-state index contributed by atoms with van der Waals surface area (Å²) < 4.78 is 0.778. The first-order valence-corrected chi connectivity index (χ1v) is 8.78. The summed E-state index contributed by atoms with van der Waals surface area (Å²) in [5, 5.41) is 4.13. The minimum Gasteiger partial charge on any atom is -0.337 e. The Balaban J connectivity index is 1.75. The molecule has 3 nitrogen and oxygen atoms in total. The molecule has 1 aliphatic carbocycles. The van der Waals surface area contributed by atoms with Crippen LogP contribution in [0, 0.1) is 5.92 Å². The molecule has 2 fully saturated rings. The highest BCUT2D eigenvalue weighted by atomic mass is 79.9. The summed E-state index contributed by atoms with van der Waals surface area (Å²) in [6.45, 7) is 2.76. The number of benzene rings is 1. The standard InChI is InChI=1S/C16H20BrClN2O/c17-15-8-12(18)5-6-14(15)16(21)20(9-11-3-4-11)10-13-2-1-7-19-13/h5-6,8,11,13,19H,1-4,7,9-10H2. The molecule has 0 bridgehead atoms. The quantitative estimate of drug-likeness (QED) is 0.856. The zero-order valence-corrected chi connectivity index (χ0v) is 14.3. The van der Waals surface area contributed by atoms with Crippen molar-refractivity contribution < 1.29 is 4.79 Å². The summed E-state index contributed by atoms with van der Waals surface area (Å²) in [7, 11) is 0. The average molecular weight is 372 g/mol. The number of rotatable bonds is 5. The number of nitrogens with one attached hydrogen (secondary N) is 1. The summed E-state index contributed by atoms with van der Waals surface area (Å²) in [5.41, 5.74) is 0.707. The molecule has 1 aromatic rings. The van der Waals surface area contributed by atoms with E-state index in [1.165, 1.54) is 19.3 Å². The lowest BCUT2D eigenvalue weighted by Crippen LogP contribution is -2.42. The fourth-order valence-corrected chi connectivity index (χ4v) is 3.72. The molecule has 1 saturated carbocycles. The zero-order chi connectivity index (χ0) is 14.8. The maximum Gasteiger partial charge on any atom is 0.255 e. The van der Waals surface area contributed by atoms with E-state index in [-0.39, 0.29) is 5.91 Å². The summed E-state index contributed by atoms with van der Waals surface area (Å²) in [4.78, 5) is 14.9. The van der Waals surface area contributed by atoms with Crippen molar-refractivity contribution in [1.82, 2.24) is 10.2 Å². The lowest BCUT2D eigenvalue weighted by Gasteiger charge is -2.26. The van der Waals surface area contributed by atoms with E-state index < -0.39 is 0 Å². The van der Waals surface area contributed by atoms with Crippen LogP contribution in [0.4, 0.5) is 0 Å². The fourth-order valence-electron chi connectivity index (χ4n) is 2.86. The molecule has 114 valence electrons.